The number of aromatic nitrogens is 2. The maximum absolute atomic E-state index is 5.47. The Bertz CT molecular complexity index is 584. The van der Waals surface area contributed by atoms with Crippen molar-refractivity contribution >= 4 is 5.82 Å². The van der Waals surface area contributed by atoms with E-state index in [9.17, 15) is 0 Å². The van der Waals surface area contributed by atoms with Crippen LogP contribution in [-0.2, 0) is 6.42 Å². The van der Waals surface area contributed by atoms with Gasteiger partial charge in [0.05, 0.1) is 7.11 Å². The van der Waals surface area contributed by atoms with E-state index in [4.69, 9.17) is 10.6 Å². The van der Waals surface area contributed by atoms with Gasteiger partial charge < -0.3 is 10.2 Å². The molecule has 0 aliphatic heterocycles. The van der Waals surface area contributed by atoms with Crippen LogP contribution in [-0.4, -0.2) is 17.1 Å². The highest BCUT2D eigenvalue weighted by atomic mass is 16.5. The standard InChI is InChI=1S/C15H20N4O/c1-10(2)13-9-15(19-16)18-14(17-13)8-11-5-4-6-12(7-11)20-3/h4-7,9-10H,8,16H2,1-3H3,(H,17,18,19). The van der Waals surface area contributed by atoms with E-state index in [-0.39, 0.29) is 0 Å². The predicted octanol–water partition coefficient (Wildman–Crippen LogP) is 2.49. The number of nitrogens with two attached hydrogens (primary N) is 1. The van der Waals surface area contributed by atoms with Crippen LogP contribution in [0.1, 0.15) is 36.8 Å². The van der Waals surface area contributed by atoms with Crippen LogP contribution in [0.3, 0.4) is 0 Å². The zero-order valence-corrected chi connectivity index (χ0v) is 12.1. The third-order valence-electron chi connectivity index (χ3n) is 3.03. The van der Waals surface area contributed by atoms with E-state index >= 15 is 0 Å². The molecule has 0 spiro atoms. The summed E-state index contributed by atoms with van der Waals surface area (Å²) in [5.41, 5.74) is 4.68. The summed E-state index contributed by atoms with van der Waals surface area (Å²) in [7, 11) is 1.66. The molecule has 5 heteroatoms. The monoisotopic (exact) mass is 272 g/mol. The zero-order valence-electron chi connectivity index (χ0n) is 12.1. The second-order valence-electron chi connectivity index (χ2n) is 4.92. The molecular formula is C15H20N4O. The van der Waals surface area contributed by atoms with Crippen molar-refractivity contribution in [3.05, 3.63) is 47.4 Å². The molecule has 2 aromatic rings. The molecule has 0 aliphatic rings. The minimum atomic E-state index is 0.328. The van der Waals surface area contributed by atoms with Crippen LogP contribution in [0.25, 0.3) is 0 Å². The van der Waals surface area contributed by atoms with Crippen LogP contribution in [0.4, 0.5) is 5.82 Å². The average Bonchev–Trinajstić information content (AvgIpc) is 2.47. The van der Waals surface area contributed by atoms with Crippen molar-refractivity contribution in [3.63, 3.8) is 0 Å². The fourth-order valence-corrected chi connectivity index (χ4v) is 1.93. The Labute approximate surface area is 119 Å². The fourth-order valence-electron chi connectivity index (χ4n) is 1.93. The number of methoxy groups -OCH3 is 1. The Balaban J connectivity index is 2.29. The molecule has 0 atom stereocenters. The molecule has 5 nitrogen and oxygen atoms in total. The van der Waals surface area contributed by atoms with Gasteiger partial charge in [0.1, 0.15) is 17.4 Å². The summed E-state index contributed by atoms with van der Waals surface area (Å²) < 4.78 is 5.23. The van der Waals surface area contributed by atoms with E-state index in [0.717, 1.165) is 22.8 Å². The van der Waals surface area contributed by atoms with Gasteiger partial charge >= 0.3 is 0 Å². The second-order valence-corrected chi connectivity index (χ2v) is 4.92. The molecular weight excluding hydrogens is 252 g/mol. The van der Waals surface area contributed by atoms with Crippen molar-refractivity contribution in [1.82, 2.24) is 9.97 Å². The number of rotatable bonds is 5. The van der Waals surface area contributed by atoms with E-state index in [1.165, 1.54) is 0 Å². The minimum absolute atomic E-state index is 0.328. The van der Waals surface area contributed by atoms with Crippen LogP contribution < -0.4 is 16.0 Å². The summed E-state index contributed by atoms with van der Waals surface area (Å²) in [5.74, 6) is 8.02. The lowest BCUT2D eigenvalue weighted by molar-refractivity contribution is 0.414. The van der Waals surface area contributed by atoms with E-state index in [0.29, 0.717) is 18.2 Å². The van der Waals surface area contributed by atoms with Gasteiger partial charge in [-0.1, -0.05) is 26.0 Å². The van der Waals surface area contributed by atoms with E-state index in [1.807, 2.05) is 30.3 Å². The Hall–Kier alpha value is -2.14. The molecule has 1 heterocycles. The van der Waals surface area contributed by atoms with Crippen LogP contribution in [0, 0.1) is 0 Å². The topological polar surface area (TPSA) is 73.1 Å². The molecule has 0 amide bonds. The average molecular weight is 272 g/mol. The summed E-state index contributed by atoms with van der Waals surface area (Å²) >= 11 is 0. The molecule has 0 unspecified atom stereocenters. The summed E-state index contributed by atoms with van der Waals surface area (Å²) in [5, 5.41) is 0. The summed E-state index contributed by atoms with van der Waals surface area (Å²) in [6.45, 7) is 4.19. The number of nitrogens with one attached hydrogen (secondary N) is 1. The molecule has 20 heavy (non-hydrogen) atoms. The van der Waals surface area contributed by atoms with Gasteiger partial charge in [-0.2, -0.15) is 0 Å². The van der Waals surface area contributed by atoms with Crippen molar-refractivity contribution < 1.29 is 4.74 Å². The molecule has 2 rings (SSSR count). The van der Waals surface area contributed by atoms with E-state index in [2.05, 4.69) is 29.2 Å². The van der Waals surface area contributed by atoms with Gasteiger partial charge in [0.25, 0.3) is 0 Å². The normalized spacial score (nSPS) is 10.7. The third-order valence-corrected chi connectivity index (χ3v) is 3.03. The Kier molecular flexibility index (Phi) is 4.53. The molecule has 0 fully saturated rings. The quantitative estimate of drug-likeness (QED) is 0.646. The van der Waals surface area contributed by atoms with Crippen LogP contribution in [0.2, 0.25) is 0 Å². The van der Waals surface area contributed by atoms with Gasteiger partial charge in [0, 0.05) is 18.2 Å². The number of anilines is 1. The SMILES string of the molecule is COc1cccc(Cc2nc(NN)cc(C(C)C)n2)c1. The Morgan fingerprint density at radius 1 is 1.25 bits per heavy atom. The van der Waals surface area contributed by atoms with Crippen LogP contribution in [0.15, 0.2) is 30.3 Å². The van der Waals surface area contributed by atoms with Crippen molar-refractivity contribution in [3.8, 4) is 5.75 Å². The van der Waals surface area contributed by atoms with Crippen LogP contribution >= 0.6 is 0 Å². The molecule has 1 aromatic carbocycles. The maximum atomic E-state index is 5.47. The molecule has 0 saturated heterocycles. The number of nitrogen functional groups attached to an aromatic ring is 1. The molecule has 1 aromatic heterocycles. The Morgan fingerprint density at radius 2 is 2.05 bits per heavy atom. The summed E-state index contributed by atoms with van der Waals surface area (Å²) in [6.07, 6.45) is 0.645. The number of hydrazine groups is 1. The lowest BCUT2D eigenvalue weighted by Crippen LogP contribution is -2.12. The number of nitrogens with zero attached hydrogens (tertiary/aromatic N) is 2. The van der Waals surface area contributed by atoms with Gasteiger partial charge in [-0.25, -0.2) is 15.8 Å². The first-order chi connectivity index (χ1) is 9.62. The van der Waals surface area contributed by atoms with Gasteiger partial charge in [0.2, 0.25) is 0 Å². The second kappa shape index (κ2) is 6.34. The number of hydrogen-bond acceptors (Lipinski definition) is 5. The van der Waals surface area contributed by atoms with E-state index in [1.54, 1.807) is 7.11 Å². The lowest BCUT2D eigenvalue weighted by atomic mass is 10.1. The lowest BCUT2D eigenvalue weighted by Gasteiger charge is -2.10. The zero-order chi connectivity index (χ0) is 14.5. The molecule has 0 radical (unpaired) electrons. The molecule has 0 bridgehead atoms. The van der Waals surface area contributed by atoms with Gasteiger partial charge in [-0.15, -0.1) is 0 Å². The highest BCUT2D eigenvalue weighted by Gasteiger charge is 2.08. The highest BCUT2D eigenvalue weighted by Crippen LogP contribution is 2.18. The first kappa shape index (κ1) is 14.3. The third kappa shape index (κ3) is 3.45. The molecule has 0 saturated carbocycles. The van der Waals surface area contributed by atoms with Crippen molar-refractivity contribution in [2.75, 3.05) is 12.5 Å². The number of hydrogen-bond donors (Lipinski definition) is 2. The predicted molar refractivity (Wildman–Crippen MR) is 79.7 cm³/mol. The maximum Gasteiger partial charge on any atom is 0.143 e. The van der Waals surface area contributed by atoms with Crippen molar-refractivity contribution in [1.29, 1.82) is 0 Å². The Morgan fingerprint density at radius 3 is 2.70 bits per heavy atom. The first-order valence-corrected chi connectivity index (χ1v) is 6.59. The highest BCUT2D eigenvalue weighted by molar-refractivity contribution is 5.37. The molecule has 0 aliphatic carbocycles. The number of ether oxygens (including phenoxy) is 1. The largest absolute Gasteiger partial charge is 0.497 e. The first-order valence-electron chi connectivity index (χ1n) is 6.59. The van der Waals surface area contributed by atoms with Crippen LogP contribution in [0.5, 0.6) is 5.75 Å². The molecule has 3 N–H and O–H groups in total. The van der Waals surface area contributed by atoms with Crippen molar-refractivity contribution in [2.45, 2.75) is 26.2 Å². The summed E-state index contributed by atoms with van der Waals surface area (Å²) in [4.78, 5) is 8.98. The number of benzene rings is 1. The van der Waals surface area contributed by atoms with E-state index < -0.39 is 0 Å². The van der Waals surface area contributed by atoms with Crippen molar-refractivity contribution in [2.24, 2.45) is 5.84 Å². The fraction of sp³-hybridized carbons (Fsp3) is 0.333. The minimum Gasteiger partial charge on any atom is -0.497 e. The van der Waals surface area contributed by atoms with Gasteiger partial charge in [-0.05, 0) is 23.6 Å². The molecule has 106 valence electrons. The van der Waals surface area contributed by atoms with Gasteiger partial charge in [-0.3, -0.25) is 0 Å². The summed E-state index contributed by atoms with van der Waals surface area (Å²) in [6, 6.07) is 9.77. The van der Waals surface area contributed by atoms with Gasteiger partial charge in [0.15, 0.2) is 0 Å². The smallest absolute Gasteiger partial charge is 0.143 e.